The van der Waals surface area contributed by atoms with Crippen molar-refractivity contribution in [2.45, 2.75) is 44.6 Å². The minimum atomic E-state index is -1.08. The molecule has 1 atom stereocenters. The fourth-order valence-electron chi connectivity index (χ4n) is 7.84. The van der Waals surface area contributed by atoms with Crippen LogP contribution in [0.1, 0.15) is 80.0 Å². The molecule has 5 rings (SSSR count). The van der Waals surface area contributed by atoms with Gasteiger partial charge in [0.25, 0.3) is 23.6 Å². The number of anilines is 1. The van der Waals surface area contributed by atoms with Crippen molar-refractivity contribution in [2.75, 3.05) is 184 Å². The van der Waals surface area contributed by atoms with Crippen molar-refractivity contribution in [3.63, 3.8) is 0 Å². The minimum Gasteiger partial charge on any atom is -0.379 e. The second-order valence-electron chi connectivity index (χ2n) is 17.3. The van der Waals surface area contributed by atoms with Crippen LogP contribution in [-0.4, -0.2) is 236 Å². The predicted molar refractivity (Wildman–Crippen MR) is 273 cm³/mol. The van der Waals surface area contributed by atoms with E-state index in [1.54, 1.807) is 36.4 Å². The molecule has 0 saturated carbocycles. The highest BCUT2D eigenvalue weighted by Crippen LogP contribution is 2.32. The first-order chi connectivity index (χ1) is 37.8. The van der Waals surface area contributed by atoms with E-state index in [0.29, 0.717) is 183 Å². The Morgan fingerprint density at radius 2 is 0.831 bits per heavy atom. The maximum Gasteiger partial charge on any atom is 0.264 e. The Morgan fingerprint density at radius 3 is 1.25 bits per heavy atom. The topological polar surface area (TPSA) is 270 Å². The van der Waals surface area contributed by atoms with E-state index < -0.39 is 29.7 Å². The van der Waals surface area contributed by atoms with E-state index >= 15 is 0 Å². The van der Waals surface area contributed by atoms with Gasteiger partial charge in [0, 0.05) is 19.4 Å². The van der Waals surface area contributed by atoms with Crippen molar-refractivity contribution < 1.29 is 95.1 Å². The van der Waals surface area contributed by atoms with Gasteiger partial charge in [-0.2, -0.15) is 0 Å². The van der Waals surface area contributed by atoms with E-state index in [4.69, 9.17) is 61.6 Å². The zero-order valence-corrected chi connectivity index (χ0v) is 44.0. The number of amides is 7. The molecule has 1 saturated heterocycles. The normalized spacial score (nSPS) is 15.2. The Kier molecular flexibility index (Phi) is 31.2. The van der Waals surface area contributed by atoms with Crippen molar-refractivity contribution in [1.29, 1.82) is 0 Å². The van der Waals surface area contributed by atoms with Gasteiger partial charge in [-0.1, -0.05) is 24.6 Å². The van der Waals surface area contributed by atoms with Crippen LogP contribution in [0.4, 0.5) is 5.69 Å². The number of fused-ring (bicyclic) bond motifs is 2. The van der Waals surface area contributed by atoms with Gasteiger partial charge in [0.15, 0.2) is 0 Å². The molecule has 7 amide bonds. The van der Waals surface area contributed by atoms with Crippen molar-refractivity contribution in [2.24, 2.45) is 0 Å². The number of rotatable bonds is 47. The summed E-state index contributed by atoms with van der Waals surface area (Å²) in [5, 5.41) is 4.91. The number of ether oxygens (including phenoxy) is 13. The summed E-state index contributed by atoms with van der Waals surface area (Å²) in [5.74, 6) is -3.32. The molecular weight excluding hydrogens is 1010 g/mol. The van der Waals surface area contributed by atoms with Crippen LogP contribution < -0.4 is 10.6 Å². The van der Waals surface area contributed by atoms with Gasteiger partial charge in [-0.15, -0.1) is 0 Å². The summed E-state index contributed by atoms with van der Waals surface area (Å²) in [5.41, 5.74) is 1.23. The summed E-state index contributed by atoms with van der Waals surface area (Å²) in [7, 11) is 0. The quantitative estimate of drug-likeness (QED) is 0.0710. The lowest BCUT2D eigenvalue weighted by molar-refractivity contribution is -0.136. The van der Waals surface area contributed by atoms with Crippen LogP contribution in [0, 0.1) is 0 Å². The molecule has 0 aromatic heterocycles. The highest BCUT2D eigenvalue weighted by Gasteiger charge is 2.45. The molecule has 3 aliphatic rings. The third-order valence-electron chi connectivity index (χ3n) is 11.7. The molecule has 1 fully saturated rings. The number of imide groups is 3. The van der Waals surface area contributed by atoms with Gasteiger partial charge in [-0.3, -0.25) is 48.7 Å². The lowest BCUT2D eigenvalue weighted by atomic mass is 10.0. The Hall–Kier alpha value is -5.19. The number of carbonyl (C=O) groups excluding carboxylic acids is 7. The van der Waals surface area contributed by atoms with E-state index in [2.05, 4.69) is 10.6 Å². The van der Waals surface area contributed by atoms with Gasteiger partial charge in [0.2, 0.25) is 17.7 Å². The van der Waals surface area contributed by atoms with E-state index in [9.17, 15) is 33.6 Å². The minimum absolute atomic E-state index is 0.0219. The Bertz CT molecular complexity index is 2080. The Labute approximate surface area is 449 Å². The van der Waals surface area contributed by atoms with Crippen molar-refractivity contribution in [3.05, 3.63) is 64.7 Å². The van der Waals surface area contributed by atoms with Gasteiger partial charge < -0.3 is 66.9 Å². The molecule has 77 heavy (non-hydrogen) atoms. The first-order valence-corrected chi connectivity index (χ1v) is 26.4. The summed E-state index contributed by atoms with van der Waals surface area (Å²) < 4.78 is 71.7. The molecule has 1 unspecified atom stereocenters. The molecule has 2 aromatic rings. The molecule has 2 N–H and O–H groups in total. The van der Waals surface area contributed by atoms with E-state index in [1.807, 2.05) is 0 Å². The molecule has 24 nitrogen and oxygen atoms in total. The van der Waals surface area contributed by atoms with Crippen molar-refractivity contribution in [1.82, 2.24) is 15.1 Å². The number of benzene rings is 2. The number of piperidine rings is 1. The predicted octanol–water partition coefficient (Wildman–Crippen LogP) is 2.10. The van der Waals surface area contributed by atoms with Crippen LogP contribution >= 0.6 is 0 Å². The number of hydrogen-bond donors (Lipinski definition) is 2. The van der Waals surface area contributed by atoms with Crippen LogP contribution in [0.5, 0.6) is 0 Å². The lowest BCUT2D eigenvalue weighted by Gasteiger charge is -2.27. The molecule has 0 radical (unpaired) electrons. The van der Waals surface area contributed by atoms with Gasteiger partial charge in [0.1, 0.15) is 6.04 Å². The van der Waals surface area contributed by atoms with Crippen molar-refractivity contribution in [3.8, 4) is 0 Å². The third kappa shape index (κ3) is 23.4. The number of nitrogens with zero attached hydrogens (tertiary/aromatic N) is 2. The van der Waals surface area contributed by atoms with Crippen LogP contribution in [0.15, 0.2) is 42.5 Å². The van der Waals surface area contributed by atoms with Gasteiger partial charge in [-0.05, 0) is 43.5 Å². The largest absolute Gasteiger partial charge is 0.379 e. The fourth-order valence-corrected chi connectivity index (χ4v) is 7.84. The fraction of sp³-hybridized carbons (Fsp3) is 0.642. The monoisotopic (exact) mass is 1090 g/mol. The summed E-state index contributed by atoms with van der Waals surface area (Å²) in [6, 6.07) is 10.3. The van der Waals surface area contributed by atoms with Gasteiger partial charge in [-0.25, -0.2) is 0 Å². The van der Waals surface area contributed by atoms with E-state index in [1.165, 1.54) is 11.0 Å². The van der Waals surface area contributed by atoms with Crippen LogP contribution in [0.25, 0.3) is 0 Å². The molecule has 428 valence electrons. The molecule has 0 bridgehead atoms. The summed E-state index contributed by atoms with van der Waals surface area (Å²) in [6.45, 7) is 11.5. The second-order valence-corrected chi connectivity index (χ2v) is 17.3. The molecular formula is C53H76N4O20. The van der Waals surface area contributed by atoms with Crippen LogP contribution in [-0.2, 0) is 76.0 Å². The molecule has 3 heterocycles. The zero-order valence-electron chi connectivity index (χ0n) is 44.0. The first kappa shape index (κ1) is 62.7. The maximum atomic E-state index is 13.2. The number of unbranched alkanes of at least 4 members (excludes halogenated alkanes) is 2. The van der Waals surface area contributed by atoms with Crippen molar-refractivity contribution >= 4 is 47.0 Å². The van der Waals surface area contributed by atoms with Crippen LogP contribution in [0.2, 0.25) is 0 Å². The second kappa shape index (κ2) is 38.4. The summed E-state index contributed by atoms with van der Waals surface area (Å²) in [6.07, 6.45) is 2.40. The van der Waals surface area contributed by atoms with Crippen LogP contribution in [0.3, 0.4) is 0 Å². The molecule has 0 aliphatic carbocycles. The summed E-state index contributed by atoms with van der Waals surface area (Å²) in [4.78, 5) is 89.6. The number of carbonyl (C=O) groups is 7. The molecule has 2 aromatic carbocycles. The number of hydrogen-bond acceptors (Lipinski definition) is 20. The first-order valence-electron chi connectivity index (χ1n) is 26.4. The average molecular weight is 1090 g/mol. The molecule has 0 spiro atoms. The molecule has 24 heteroatoms. The Balaban J connectivity index is 0.658. The van der Waals surface area contributed by atoms with E-state index in [-0.39, 0.29) is 66.9 Å². The smallest absolute Gasteiger partial charge is 0.264 e. The van der Waals surface area contributed by atoms with Gasteiger partial charge in [0.05, 0.1) is 200 Å². The average Bonchev–Trinajstić information content (AvgIpc) is 3.96. The van der Waals surface area contributed by atoms with Gasteiger partial charge >= 0.3 is 0 Å². The lowest BCUT2D eigenvalue weighted by Crippen LogP contribution is -2.54. The van der Waals surface area contributed by atoms with E-state index in [0.717, 1.165) is 17.7 Å². The standard InChI is InChI=1S/C53H76N4O20/c58-46(54-44-10-6-9-43-48(44)53(64)57(52(43)63)45-12-13-47(59)55-49(45)60)11-2-1-5-15-65-17-19-67-21-23-69-25-27-71-29-31-73-33-35-75-37-39-77-40-38-76-36-34-74-32-30-72-28-26-70-24-22-68-20-18-66-16-14-56-50(61)41-7-3-4-8-42(41)51(56)62/h3-4,6-10,45H,1-2,5,11-40H2,(H,54,58)(H,55,59,60). The highest BCUT2D eigenvalue weighted by atomic mass is 16.6. The SMILES string of the molecule is O=C1CCC(N2C(=O)c3cccc(NC(=O)CCCCCOCCOCCOCCOCCOCCOCCOCCOCCOCCOCCOCCOCCOCCN4C(=O)c5ccccc5C4=O)c3C2=O)C(=O)N1. The number of nitrogens with one attached hydrogen (secondary N) is 2. The Morgan fingerprint density at radius 1 is 0.442 bits per heavy atom. The zero-order chi connectivity index (χ0) is 54.6. The maximum absolute atomic E-state index is 13.2. The third-order valence-corrected chi connectivity index (χ3v) is 11.7. The molecule has 3 aliphatic heterocycles. The summed E-state index contributed by atoms with van der Waals surface area (Å²) >= 11 is 0. The highest BCUT2D eigenvalue weighted by molar-refractivity contribution is 6.26.